The van der Waals surface area contributed by atoms with Crippen LogP contribution in [0.3, 0.4) is 0 Å². The molecule has 1 saturated heterocycles. The summed E-state index contributed by atoms with van der Waals surface area (Å²) in [6, 6.07) is 8.23. The van der Waals surface area contributed by atoms with Crippen LogP contribution in [-0.2, 0) is 16.1 Å². The van der Waals surface area contributed by atoms with Gasteiger partial charge in [-0.05, 0) is 36.8 Å². The van der Waals surface area contributed by atoms with Crippen molar-refractivity contribution in [3.63, 3.8) is 0 Å². The van der Waals surface area contributed by atoms with Crippen LogP contribution in [0, 0.1) is 5.92 Å². The van der Waals surface area contributed by atoms with Gasteiger partial charge < -0.3 is 10.2 Å². The van der Waals surface area contributed by atoms with Crippen molar-refractivity contribution in [1.82, 2.24) is 10.2 Å². The molecule has 0 aromatic heterocycles. The predicted octanol–water partition coefficient (Wildman–Crippen LogP) is 2.28. The topological polar surface area (TPSA) is 49.4 Å². The lowest BCUT2D eigenvalue weighted by Crippen LogP contribution is -2.42. The highest BCUT2D eigenvalue weighted by Crippen LogP contribution is 2.18. The maximum absolute atomic E-state index is 12.2. The lowest BCUT2D eigenvalue weighted by Gasteiger charge is -2.30. The van der Waals surface area contributed by atoms with Crippen LogP contribution in [-0.4, -0.2) is 36.1 Å². The number of carbonyl (C=O) groups is 2. The third-order valence-corrected chi connectivity index (χ3v) is 4.68. The molecule has 0 aliphatic carbocycles. The second-order valence-corrected chi connectivity index (χ2v) is 6.23. The van der Waals surface area contributed by atoms with Gasteiger partial charge in [0.1, 0.15) is 0 Å². The number of likely N-dealkylation sites (tertiary alicyclic amines) is 1. The van der Waals surface area contributed by atoms with Gasteiger partial charge in [0, 0.05) is 37.4 Å². The van der Waals surface area contributed by atoms with E-state index in [1.54, 1.807) is 18.7 Å². The quantitative estimate of drug-likeness (QED) is 0.868. The molecule has 1 aromatic rings. The van der Waals surface area contributed by atoms with E-state index in [1.807, 2.05) is 23.3 Å². The number of thioether (sulfide) groups is 1. The number of nitrogens with zero attached hydrogens (tertiary/aromatic N) is 1. The summed E-state index contributed by atoms with van der Waals surface area (Å²) < 4.78 is 0. The molecule has 5 heteroatoms. The molecule has 1 aliphatic heterocycles. The number of nitrogens with one attached hydrogen (secondary N) is 1. The van der Waals surface area contributed by atoms with Crippen molar-refractivity contribution in [2.75, 3.05) is 19.3 Å². The second kappa shape index (κ2) is 7.50. The molecule has 2 rings (SSSR count). The van der Waals surface area contributed by atoms with Gasteiger partial charge >= 0.3 is 0 Å². The van der Waals surface area contributed by atoms with Crippen molar-refractivity contribution in [3.8, 4) is 0 Å². The standard InChI is InChI=1S/C16H22N2O2S/c1-12(19)18-9-7-14(8-10-18)16(20)17-11-13-3-5-15(21-2)6-4-13/h3-6,14H,7-11H2,1-2H3,(H,17,20). The van der Waals surface area contributed by atoms with Crippen molar-refractivity contribution in [3.05, 3.63) is 29.8 Å². The minimum atomic E-state index is 0.0334. The molecular weight excluding hydrogens is 284 g/mol. The number of benzene rings is 1. The summed E-state index contributed by atoms with van der Waals surface area (Å²) in [6.07, 6.45) is 3.57. The molecule has 114 valence electrons. The van der Waals surface area contributed by atoms with E-state index in [2.05, 4.69) is 17.4 Å². The Morgan fingerprint density at radius 2 is 1.86 bits per heavy atom. The summed E-state index contributed by atoms with van der Waals surface area (Å²) in [7, 11) is 0. The minimum Gasteiger partial charge on any atom is -0.352 e. The predicted molar refractivity (Wildman–Crippen MR) is 85.0 cm³/mol. The zero-order chi connectivity index (χ0) is 15.2. The molecule has 1 aliphatic rings. The van der Waals surface area contributed by atoms with E-state index in [1.165, 1.54) is 4.90 Å². The summed E-state index contributed by atoms with van der Waals surface area (Å²) in [5.74, 6) is 0.237. The van der Waals surface area contributed by atoms with E-state index in [4.69, 9.17) is 0 Å². The van der Waals surface area contributed by atoms with Crippen LogP contribution < -0.4 is 5.32 Å². The fourth-order valence-corrected chi connectivity index (χ4v) is 2.94. The maximum Gasteiger partial charge on any atom is 0.223 e. The lowest BCUT2D eigenvalue weighted by atomic mass is 9.96. The zero-order valence-corrected chi connectivity index (χ0v) is 13.4. The Balaban J connectivity index is 1.78. The van der Waals surface area contributed by atoms with Crippen LogP contribution in [0.2, 0.25) is 0 Å². The Morgan fingerprint density at radius 3 is 2.38 bits per heavy atom. The van der Waals surface area contributed by atoms with E-state index in [0.717, 1.165) is 18.4 Å². The molecule has 0 atom stereocenters. The van der Waals surface area contributed by atoms with Gasteiger partial charge in [0.15, 0.2) is 0 Å². The van der Waals surface area contributed by atoms with E-state index < -0.39 is 0 Å². The van der Waals surface area contributed by atoms with Gasteiger partial charge in [-0.25, -0.2) is 0 Å². The van der Waals surface area contributed by atoms with Crippen LogP contribution in [0.4, 0.5) is 0 Å². The van der Waals surface area contributed by atoms with Gasteiger partial charge in [-0.15, -0.1) is 11.8 Å². The number of carbonyl (C=O) groups excluding carboxylic acids is 2. The average molecular weight is 306 g/mol. The Bertz CT molecular complexity index is 494. The van der Waals surface area contributed by atoms with Crippen molar-refractivity contribution < 1.29 is 9.59 Å². The van der Waals surface area contributed by atoms with E-state index in [0.29, 0.717) is 19.6 Å². The fourth-order valence-electron chi connectivity index (χ4n) is 2.53. The van der Waals surface area contributed by atoms with Crippen molar-refractivity contribution in [1.29, 1.82) is 0 Å². The fraction of sp³-hybridized carbons (Fsp3) is 0.500. The Kier molecular flexibility index (Phi) is 5.67. The molecule has 1 aromatic carbocycles. The normalized spacial score (nSPS) is 15.8. The van der Waals surface area contributed by atoms with Crippen LogP contribution >= 0.6 is 11.8 Å². The highest BCUT2D eigenvalue weighted by atomic mass is 32.2. The molecule has 0 bridgehead atoms. The summed E-state index contributed by atoms with van der Waals surface area (Å²) in [6.45, 7) is 3.53. The molecule has 0 spiro atoms. The number of hydrogen-bond donors (Lipinski definition) is 1. The smallest absolute Gasteiger partial charge is 0.223 e. The highest BCUT2D eigenvalue weighted by molar-refractivity contribution is 7.98. The van der Waals surface area contributed by atoms with Crippen molar-refractivity contribution in [2.24, 2.45) is 5.92 Å². The number of rotatable bonds is 4. The lowest BCUT2D eigenvalue weighted by molar-refractivity contribution is -0.134. The van der Waals surface area contributed by atoms with Crippen LogP contribution in [0.5, 0.6) is 0 Å². The third-order valence-electron chi connectivity index (χ3n) is 3.94. The van der Waals surface area contributed by atoms with Gasteiger partial charge in [-0.3, -0.25) is 9.59 Å². The van der Waals surface area contributed by atoms with E-state index in [9.17, 15) is 9.59 Å². The average Bonchev–Trinajstić information content (AvgIpc) is 2.53. The first-order chi connectivity index (χ1) is 10.1. The molecular formula is C16H22N2O2S. The Labute approximate surface area is 130 Å². The van der Waals surface area contributed by atoms with E-state index in [-0.39, 0.29) is 17.7 Å². The first kappa shape index (κ1) is 15.9. The van der Waals surface area contributed by atoms with Gasteiger partial charge in [0.2, 0.25) is 11.8 Å². The molecule has 0 radical (unpaired) electrons. The largest absolute Gasteiger partial charge is 0.352 e. The number of hydrogen-bond acceptors (Lipinski definition) is 3. The van der Waals surface area contributed by atoms with Gasteiger partial charge in [0.05, 0.1) is 0 Å². The van der Waals surface area contributed by atoms with Crippen LogP contribution in [0.25, 0.3) is 0 Å². The zero-order valence-electron chi connectivity index (χ0n) is 12.6. The molecule has 2 amide bonds. The second-order valence-electron chi connectivity index (χ2n) is 5.35. The van der Waals surface area contributed by atoms with Gasteiger partial charge in [-0.1, -0.05) is 12.1 Å². The number of amides is 2. The maximum atomic E-state index is 12.2. The first-order valence-electron chi connectivity index (χ1n) is 7.26. The number of piperidine rings is 1. The van der Waals surface area contributed by atoms with Crippen molar-refractivity contribution in [2.45, 2.75) is 31.2 Å². The van der Waals surface area contributed by atoms with E-state index >= 15 is 0 Å². The Morgan fingerprint density at radius 1 is 1.24 bits per heavy atom. The SMILES string of the molecule is CSc1ccc(CNC(=O)C2CCN(C(C)=O)CC2)cc1. The third kappa shape index (κ3) is 4.49. The molecule has 0 unspecified atom stereocenters. The minimum absolute atomic E-state index is 0.0334. The Hall–Kier alpha value is -1.49. The summed E-state index contributed by atoms with van der Waals surface area (Å²) in [4.78, 5) is 26.4. The molecule has 1 N–H and O–H groups in total. The summed E-state index contributed by atoms with van der Waals surface area (Å²) >= 11 is 1.71. The molecule has 0 saturated carbocycles. The molecule has 21 heavy (non-hydrogen) atoms. The molecule has 1 heterocycles. The molecule has 4 nitrogen and oxygen atoms in total. The van der Waals surface area contributed by atoms with Gasteiger partial charge in [0.25, 0.3) is 0 Å². The molecule has 1 fully saturated rings. The summed E-state index contributed by atoms with van der Waals surface area (Å²) in [5.41, 5.74) is 1.11. The van der Waals surface area contributed by atoms with Crippen LogP contribution in [0.15, 0.2) is 29.2 Å². The van der Waals surface area contributed by atoms with Gasteiger partial charge in [-0.2, -0.15) is 0 Å². The summed E-state index contributed by atoms with van der Waals surface area (Å²) in [5, 5.41) is 3.00. The monoisotopic (exact) mass is 306 g/mol. The highest BCUT2D eigenvalue weighted by Gasteiger charge is 2.25. The van der Waals surface area contributed by atoms with Crippen LogP contribution in [0.1, 0.15) is 25.3 Å². The van der Waals surface area contributed by atoms with Crippen molar-refractivity contribution >= 4 is 23.6 Å². The first-order valence-corrected chi connectivity index (χ1v) is 8.49.